The first-order chi connectivity index (χ1) is 12.8. The molecule has 2 aromatic rings. The van der Waals surface area contributed by atoms with Crippen molar-refractivity contribution in [1.29, 1.82) is 0 Å². The topological polar surface area (TPSA) is 50.7 Å². The summed E-state index contributed by atoms with van der Waals surface area (Å²) in [6.07, 6.45) is 9.04. The highest BCUT2D eigenvalue weighted by Crippen LogP contribution is 2.16. The molecule has 26 heavy (non-hydrogen) atoms. The average Bonchev–Trinajstić information content (AvgIpc) is 2.68. The second-order valence-electron chi connectivity index (χ2n) is 6.24. The summed E-state index contributed by atoms with van der Waals surface area (Å²) in [6, 6.07) is 16.5. The number of amides is 2. The zero-order valence-electron chi connectivity index (χ0n) is 15.5. The first-order valence-corrected chi connectivity index (χ1v) is 9.41. The molecule has 0 aromatic heterocycles. The molecule has 2 rings (SSSR count). The predicted octanol–water partition coefficient (Wildman–Crippen LogP) is 6.08. The summed E-state index contributed by atoms with van der Waals surface area (Å²) in [5, 5.41) is 2.74. The minimum Gasteiger partial charge on any atom is -0.494 e. The van der Waals surface area contributed by atoms with Crippen LogP contribution in [0.25, 0.3) is 0 Å². The van der Waals surface area contributed by atoms with Gasteiger partial charge in [-0.2, -0.15) is 0 Å². The second kappa shape index (κ2) is 11.9. The highest BCUT2D eigenvalue weighted by molar-refractivity contribution is 5.97. The van der Waals surface area contributed by atoms with Crippen LogP contribution in [0, 0.1) is 0 Å². The van der Waals surface area contributed by atoms with E-state index in [2.05, 4.69) is 17.2 Å². The standard InChI is InChI=1S/C22H28N2O2/c1-2-3-4-5-6-10-17-26-21-15-13-20(14-16-21)24-22(25)23-18-19-11-8-7-9-12-19/h7-9,11-16,18H,2-6,10,17H2,1H3,(H,24,25)/b23-18+. The molecule has 0 fully saturated rings. The number of unbranched alkanes of at least 4 members (excludes halogenated alkanes) is 5. The van der Waals surface area contributed by atoms with Crippen molar-refractivity contribution in [3.05, 3.63) is 60.2 Å². The number of benzene rings is 2. The smallest absolute Gasteiger partial charge is 0.345 e. The van der Waals surface area contributed by atoms with E-state index in [1.165, 1.54) is 32.1 Å². The fraction of sp³-hybridized carbons (Fsp3) is 0.364. The zero-order valence-corrected chi connectivity index (χ0v) is 15.5. The van der Waals surface area contributed by atoms with Crippen molar-refractivity contribution in [2.24, 2.45) is 4.99 Å². The minimum atomic E-state index is -0.394. The van der Waals surface area contributed by atoms with Gasteiger partial charge in [-0.15, -0.1) is 0 Å². The summed E-state index contributed by atoms with van der Waals surface area (Å²) >= 11 is 0. The second-order valence-corrected chi connectivity index (χ2v) is 6.24. The Kier molecular flexibility index (Phi) is 8.98. The van der Waals surface area contributed by atoms with E-state index < -0.39 is 6.03 Å². The third-order valence-electron chi connectivity index (χ3n) is 4.00. The number of nitrogens with one attached hydrogen (secondary N) is 1. The van der Waals surface area contributed by atoms with Crippen molar-refractivity contribution in [3.8, 4) is 5.75 Å². The Labute approximate surface area is 156 Å². The number of nitrogens with zero attached hydrogens (tertiary/aromatic N) is 1. The van der Waals surface area contributed by atoms with Gasteiger partial charge in [-0.3, -0.25) is 0 Å². The van der Waals surface area contributed by atoms with Gasteiger partial charge in [0.1, 0.15) is 5.75 Å². The molecule has 0 unspecified atom stereocenters. The van der Waals surface area contributed by atoms with Gasteiger partial charge in [-0.1, -0.05) is 69.4 Å². The molecule has 2 aromatic carbocycles. The van der Waals surface area contributed by atoms with E-state index in [0.717, 1.165) is 24.3 Å². The number of carbonyl (C=O) groups is 1. The van der Waals surface area contributed by atoms with Crippen LogP contribution < -0.4 is 10.1 Å². The van der Waals surface area contributed by atoms with Crippen LogP contribution in [0.15, 0.2) is 59.6 Å². The quantitative estimate of drug-likeness (QED) is 0.416. The molecule has 4 nitrogen and oxygen atoms in total. The van der Waals surface area contributed by atoms with Gasteiger partial charge in [-0.25, -0.2) is 9.79 Å². The van der Waals surface area contributed by atoms with Gasteiger partial charge in [0.25, 0.3) is 0 Å². The lowest BCUT2D eigenvalue weighted by atomic mass is 10.1. The molecule has 0 aliphatic heterocycles. The maximum Gasteiger partial charge on any atom is 0.345 e. The van der Waals surface area contributed by atoms with Gasteiger partial charge >= 0.3 is 6.03 Å². The summed E-state index contributed by atoms with van der Waals surface area (Å²) in [6.45, 7) is 2.96. The van der Waals surface area contributed by atoms with E-state index in [4.69, 9.17) is 4.74 Å². The lowest BCUT2D eigenvalue weighted by Gasteiger charge is -2.07. The Morgan fingerprint density at radius 3 is 2.38 bits per heavy atom. The fourth-order valence-electron chi connectivity index (χ4n) is 2.53. The van der Waals surface area contributed by atoms with E-state index in [-0.39, 0.29) is 0 Å². The molecule has 0 aliphatic rings. The summed E-state index contributed by atoms with van der Waals surface area (Å²) < 4.78 is 5.74. The Balaban J connectivity index is 1.68. The molecule has 0 saturated carbocycles. The van der Waals surface area contributed by atoms with E-state index >= 15 is 0 Å². The van der Waals surface area contributed by atoms with E-state index in [9.17, 15) is 4.79 Å². The number of anilines is 1. The van der Waals surface area contributed by atoms with Gasteiger partial charge < -0.3 is 10.1 Å². The van der Waals surface area contributed by atoms with Crippen molar-refractivity contribution in [2.75, 3.05) is 11.9 Å². The third kappa shape index (κ3) is 7.97. The van der Waals surface area contributed by atoms with Crippen molar-refractivity contribution in [3.63, 3.8) is 0 Å². The summed E-state index contributed by atoms with van der Waals surface area (Å²) in [4.78, 5) is 15.7. The molecule has 0 bridgehead atoms. The van der Waals surface area contributed by atoms with Crippen LogP contribution in [0.3, 0.4) is 0 Å². The summed E-state index contributed by atoms with van der Waals surface area (Å²) in [7, 11) is 0. The number of hydrogen-bond donors (Lipinski definition) is 1. The first-order valence-electron chi connectivity index (χ1n) is 9.41. The Morgan fingerprint density at radius 1 is 0.962 bits per heavy atom. The van der Waals surface area contributed by atoms with Crippen LogP contribution in [0.4, 0.5) is 10.5 Å². The molecule has 0 aliphatic carbocycles. The summed E-state index contributed by atoms with van der Waals surface area (Å²) in [5.74, 6) is 0.823. The van der Waals surface area contributed by atoms with Crippen LogP contribution >= 0.6 is 0 Å². The van der Waals surface area contributed by atoms with Gasteiger partial charge in [0.05, 0.1) is 6.61 Å². The lowest BCUT2D eigenvalue weighted by Crippen LogP contribution is -2.06. The Hall–Kier alpha value is -2.62. The minimum absolute atomic E-state index is 0.394. The number of hydrogen-bond acceptors (Lipinski definition) is 2. The number of aliphatic imine (C=N–C) groups is 1. The van der Waals surface area contributed by atoms with Crippen LogP contribution in [0.2, 0.25) is 0 Å². The molecule has 138 valence electrons. The Bertz CT molecular complexity index is 666. The highest BCUT2D eigenvalue weighted by atomic mass is 16.5. The van der Waals surface area contributed by atoms with Gasteiger partial charge in [0, 0.05) is 11.9 Å². The van der Waals surface area contributed by atoms with Crippen LogP contribution in [-0.2, 0) is 0 Å². The van der Waals surface area contributed by atoms with Crippen molar-refractivity contribution < 1.29 is 9.53 Å². The molecule has 0 radical (unpaired) electrons. The molecule has 0 atom stereocenters. The lowest BCUT2D eigenvalue weighted by molar-refractivity contribution is 0.259. The van der Waals surface area contributed by atoms with Crippen molar-refractivity contribution in [2.45, 2.75) is 45.4 Å². The van der Waals surface area contributed by atoms with E-state index in [1.54, 1.807) is 6.21 Å². The third-order valence-corrected chi connectivity index (χ3v) is 4.00. The van der Waals surface area contributed by atoms with E-state index in [1.807, 2.05) is 54.6 Å². The van der Waals surface area contributed by atoms with Crippen LogP contribution in [0.5, 0.6) is 5.75 Å². The fourth-order valence-corrected chi connectivity index (χ4v) is 2.53. The zero-order chi connectivity index (χ0) is 18.5. The summed E-state index contributed by atoms with van der Waals surface area (Å²) in [5.41, 5.74) is 1.59. The molecule has 2 amide bonds. The number of urea groups is 1. The van der Waals surface area contributed by atoms with Gasteiger partial charge in [0.15, 0.2) is 0 Å². The van der Waals surface area contributed by atoms with Crippen molar-refractivity contribution >= 4 is 17.9 Å². The molecular formula is C22H28N2O2. The van der Waals surface area contributed by atoms with Crippen LogP contribution in [0.1, 0.15) is 51.0 Å². The molecule has 4 heteroatoms. The predicted molar refractivity (Wildman–Crippen MR) is 108 cm³/mol. The van der Waals surface area contributed by atoms with Gasteiger partial charge in [0.2, 0.25) is 0 Å². The SMILES string of the molecule is CCCCCCCCOc1ccc(NC(=O)/N=C/c2ccccc2)cc1. The van der Waals surface area contributed by atoms with Crippen LogP contribution in [-0.4, -0.2) is 18.9 Å². The largest absolute Gasteiger partial charge is 0.494 e. The highest BCUT2D eigenvalue weighted by Gasteiger charge is 2.00. The number of ether oxygens (including phenoxy) is 1. The number of carbonyl (C=O) groups excluding carboxylic acids is 1. The maximum atomic E-state index is 11.8. The van der Waals surface area contributed by atoms with E-state index in [0.29, 0.717) is 5.69 Å². The molecule has 0 heterocycles. The molecular weight excluding hydrogens is 324 g/mol. The molecule has 1 N–H and O–H groups in total. The van der Waals surface area contributed by atoms with Gasteiger partial charge in [-0.05, 0) is 36.2 Å². The Morgan fingerprint density at radius 2 is 1.65 bits per heavy atom. The number of rotatable bonds is 10. The maximum absolute atomic E-state index is 11.8. The monoisotopic (exact) mass is 352 g/mol. The average molecular weight is 352 g/mol. The molecule has 0 saturated heterocycles. The molecule has 0 spiro atoms. The van der Waals surface area contributed by atoms with Crippen molar-refractivity contribution in [1.82, 2.24) is 0 Å². The normalized spacial score (nSPS) is 10.8. The first kappa shape index (κ1) is 19.7.